The third kappa shape index (κ3) is 8.14. The van der Waals surface area contributed by atoms with Crippen LogP contribution in [0.3, 0.4) is 0 Å². The molecule has 2 aliphatic carbocycles. The first kappa shape index (κ1) is 39.8. The lowest BCUT2D eigenvalue weighted by molar-refractivity contribution is 0.968. The quantitative estimate of drug-likeness (QED) is 0.0954. The third-order valence-corrected chi connectivity index (χ3v) is 13.1. The molecule has 0 atom stereocenters. The summed E-state index contributed by atoms with van der Waals surface area (Å²) in [6, 6.07) is 58.2. The molecule has 8 aromatic rings. The fourth-order valence-corrected chi connectivity index (χ4v) is 9.78. The predicted octanol–water partition coefficient (Wildman–Crippen LogP) is 17.1. The second kappa shape index (κ2) is 17.6. The smallest absolute Gasteiger partial charge is 0.00880 e. The first-order valence-electron chi connectivity index (χ1n) is 22.5. The van der Waals surface area contributed by atoms with Crippen LogP contribution in [0.2, 0.25) is 0 Å². The Labute approximate surface area is 373 Å². The summed E-state index contributed by atoms with van der Waals surface area (Å²) in [6.45, 7) is 9.37. The van der Waals surface area contributed by atoms with Crippen molar-refractivity contribution in [3.63, 3.8) is 0 Å². The van der Waals surface area contributed by atoms with Gasteiger partial charge in [0.1, 0.15) is 0 Å². The maximum absolute atomic E-state index is 4.86. The highest BCUT2D eigenvalue weighted by Gasteiger charge is 2.18. The Balaban J connectivity index is 1.12. The standard InChI is InChI=1S/C63H52/c1-43-33-35-53(63-42-52-25-11-13-28-55(52)57-30-15-17-32-59(57)63)41-60(43)62(38-45(3)61-40-51-24-10-12-27-54(51)56-29-14-16-31-58(56)61)50-26-18-19-46(39-50)34-36-49(48-22-8-5-9-23-48)37-44(2)47-20-6-4-7-21-47/h4-6,8-13,15-20,22-28,30-33,35-42H,3,7,14,21,29,34H2,1-2H3/b44-37+,49-36+,62-38-. The van der Waals surface area contributed by atoms with E-state index in [-0.39, 0.29) is 0 Å². The van der Waals surface area contributed by atoms with Crippen LogP contribution in [0.15, 0.2) is 218 Å². The highest BCUT2D eigenvalue weighted by molar-refractivity contribution is 6.14. The van der Waals surface area contributed by atoms with Gasteiger partial charge < -0.3 is 0 Å². The van der Waals surface area contributed by atoms with E-state index in [4.69, 9.17) is 6.58 Å². The maximum atomic E-state index is 4.86. The van der Waals surface area contributed by atoms with Crippen molar-refractivity contribution in [2.24, 2.45) is 0 Å². The van der Waals surface area contributed by atoms with Crippen LogP contribution >= 0.6 is 0 Å². The molecule has 2 aliphatic rings. The molecule has 0 spiro atoms. The molecule has 0 heteroatoms. The monoisotopic (exact) mass is 808 g/mol. The molecule has 0 bridgehead atoms. The molecular weight excluding hydrogens is 757 g/mol. The second-order valence-electron chi connectivity index (χ2n) is 17.2. The molecule has 10 rings (SSSR count). The van der Waals surface area contributed by atoms with Crippen molar-refractivity contribution in [2.45, 2.75) is 46.0 Å². The summed E-state index contributed by atoms with van der Waals surface area (Å²) in [4.78, 5) is 0. The van der Waals surface area contributed by atoms with E-state index in [0.717, 1.165) is 37.7 Å². The molecule has 63 heavy (non-hydrogen) atoms. The van der Waals surface area contributed by atoms with Crippen molar-refractivity contribution in [1.29, 1.82) is 0 Å². The molecule has 0 heterocycles. The fraction of sp³-hybridized carbons (Fsp3) is 0.111. The largest absolute Gasteiger partial charge is 0.0911 e. The number of benzene rings is 8. The Morgan fingerprint density at radius 1 is 0.603 bits per heavy atom. The van der Waals surface area contributed by atoms with Crippen molar-refractivity contribution < 1.29 is 0 Å². The first-order valence-corrected chi connectivity index (χ1v) is 22.5. The maximum Gasteiger partial charge on any atom is -0.00880 e. The SMILES string of the molecule is C=C(/C=C(/c1cccc(C/C=C(\C=C(/C)C2=CC=CCC2)c2ccccc2)c1)c1cc(-c2cc3ccccc3c3ccccc23)ccc1C)c1cc2ccccc2c2c1C=CCC2. The van der Waals surface area contributed by atoms with Gasteiger partial charge >= 0.3 is 0 Å². The number of fused-ring (bicyclic) bond motifs is 6. The summed E-state index contributed by atoms with van der Waals surface area (Å²) in [5.74, 6) is 0. The van der Waals surface area contributed by atoms with Crippen LogP contribution in [0.1, 0.15) is 70.7 Å². The van der Waals surface area contributed by atoms with Gasteiger partial charge in [0.25, 0.3) is 0 Å². The minimum absolute atomic E-state index is 0.806. The van der Waals surface area contributed by atoms with E-state index in [1.165, 1.54) is 110 Å². The minimum atomic E-state index is 0.806. The lowest BCUT2D eigenvalue weighted by atomic mass is 9.84. The Hall–Kier alpha value is -7.28. The molecule has 0 fully saturated rings. The van der Waals surface area contributed by atoms with E-state index in [2.05, 4.69) is 220 Å². The Morgan fingerprint density at radius 2 is 1.32 bits per heavy atom. The summed E-state index contributed by atoms with van der Waals surface area (Å²) in [6.07, 6.45) is 23.6. The molecule has 0 saturated carbocycles. The Bertz CT molecular complexity index is 3260. The summed E-state index contributed by atoms with van der Waals surface area (Å²) < 4.78 is 0. The summed E-state index contributed by atoms with van der Waals surface area (Å²) in [5, 5.41) is 7.68. The molecule has 0 nitrogen and oxygen atoms in total. The topological polar surface area (TPSA) is 0 Å². The normalized spacial score (nSPS) is 14.3. The van der Waals surface area contributed by atoms with E-state index >= 15 is 0 Å². The number of aryl methyl sites for hydroxylation is 2. The van der Waals surface area contributed by atoms with Gasteiger partial charge in [-0.3, -0.25) is 0 Å². The number of hydrogen-bond donors (Lipinski definition) is 0. The zero-order valence-electron chi connectivity index (χ0n) is 36.4. The third-order valence-electron chi connectivity index (χ3n) is 13.1. The summed E-state index contributed by atoms with van der Waals surface area (Å²) in [7, 11) is 0. The molecule has 0 radical (unpaired) electrons. The molecule has 0 saturated heterocycles. The average molecular weight is 809 g/mol. The highest BCUT2D eigenvalue weighted by Crippen LogP contribution is 2.40. The zero-order valence-corrected chi connectivity index (χ0v) is 36.4. The van der Waals surface area contributed by atoms with Crippen molar-refractivity contribution in [3.05, 3.63) is 262 Å². The zero-order chi connectivity index (χ0) is 42.7. The van der Waals surface area contributed by atoms with Crippen LogP contribution in [0, 0.1) is 6.92 Å². The van der Waals surface area contributed by atoms with Crippen LogP contribution in [-0.4, -0.2) is 0 Å². The van der Waals surface area contributed by atoms with E-state index in [0.29, 0.717) is 0 Å². The molecule has 0 unspecified atom stereocenters. The van der Waals surface area contributed by atoms with Crippen LogP contribution in [0.25, 0.3) is 66.2 Å². The van der Waals surface area contributed by atoms with Crippen molar-refractivity contribution in [3.8, 4) is 11.1 Å². The van der Waals surface area contributed by atoms with Gasteiger partial charge in [0, 0.05) is 0 Å². The van der Waals surface area contributed by atoms with E-state index in [1.54, 1.807) is 0 Å². The van der Waals surface area contributed by atoms with Crippen LogP contribution in [0.4, 0.5) is 0 Å². The van der Waals surface area contributed by atoms with Crippen molar-refractivity contribution >= 4 is 55.1 Å². The molecule has 0 amide bonds. The fourth-order valence-electron chi connectivity index (χ4n) is 9.78. The van der Waals surface area contributed by atoms with E-state index in [9.17, 15) is 0 Å². The van der Waals surface area contributed by atoms with E-state index < -0.39 is 0 Å². The van der Waals surface area contributed by atoms with Crippen molar-refractivity contribution in [1.82, 2.24) is 0 Å². The lowest BCUT2D eigenvalue weighted by Gasteiger charge is -2.20. The average Bonchev–Trinajstić information content (AvgIpc) is 3.34. The second-order valence-corrected chi connectivity index (χ2v) is 17.2. The molecule has 0 N–H and O–H groups in total. The van der Waals surface area contributed by atoms with Gasteiger partial charge in [-0.25, -0.2) is 0 Å². The Kier molecular flexibility index (Phi) is 11.1. The molecule has 304 valence electrons. The van der Waals surface area contributed by atoms with E-state index in [1.807, 2.05) is 0 Å². The predicted molar refractivity (Wildman–Crippen MR) is 274 cm³/mol. The van der Waals surface area contributed by atoms with Crippen LogP contribution in [0.5, 0.6) is 0 Å². The van der Waals surface area contributed by atoms with Crippen LogP contribution < -0.4 is 0 Å². The van der Waals surface area contributed by atoms with Gasteiger partial charge in [-0.15, -0.1) is 0 Å². The number of rotatable bonds is 10. The highest BCUT2D eigenvalue weighted by atomic mass is 14.2. The van der Waals surface area contributed by atoms with Gasteiger partial charge in [0.15, 0.2) is 0 Å². The number of hydrogen-bond acceptors (Lipinski definition) is 0. The number of allylic oxidation sites excluding steroid dienone is 11. The minimum Gasteiger partial charge on any atom is -0.0911 e. The van der Waals surface area contributed by atoms with Gasteiger partial charge in [0.05, 0.1) is 0 Å². The molecule has 0 aromatic heterocycles. The van der Waals surface area contributed by atoms with Crippen molar-refractivity contribution in [2.75, 3.05) is 0 Å². The van der Waals surface area contributed by atoms with Crippen LogP contribution in [-0.2, 0) is 12.8 Å². The molecule has 8 aromatic carbocycles. The van der Waals surface area contributed by atoms with Gasteiger partial charge in [0.2, 0.25) is 0 Å². The molecular formula is C63H52. The summed E-state index contributed by atoms with van der Waals surface area (Å²) in [5.41, 5.74) is 18.7. The lowest BCUT2D eigenvalue weighted by Crippen LogP contribution is -2.01. The van der Waals surface area contributed by atoms with Gasteiger partial charge in [-0.1, -0.05) is 189 Å². The molecule has 0 aliphatic heterocycles. The first-order chi connectivity index (χ1) is 31.0. The summed E-state index contributed by atoms with van der Waals surface area (Å²) >= 11 is 0. The van der Waals surface area contributed by atoms with Gasteiger partial charge in [-0.05, 0) is 186 Å². The van der Waals surface area contributed by atoms with Gasteiger partial charge in [-0.2, -0.15) is 0 Å². The Morgan fingerprint density at radius 3 is 2.13 bits per heavy atom.